The molecule has 0 aliphatic carbocycles. The maximum absolute atomic E-state index is 12.6. The molecule has 1 aliphatic rings. The number of rotatable bonds is 3. The molecule has 2 aromatic rings. The quantitative estimate of drug-likeness (QED) is 0.943. The Morgan fingerprint density at radius 1 is 1.45 bits per heavy atom. The fourth-order valence-corrected chi connectivity index (χ4v) is 3.02. The molecule has 1 saturated heterocycles. The summed E-state index contributed by atoms with van der Waals surface area (Å²) >= 11 is 0. The molecule has 1 amide bonds. The molecule has 2 aromatic heterocycles. The van der Waals surface area contributed by atoms with Crippen molar-refractivity contribution in [2.24, 2.45) is 13.0 Å². The van der Waals surface area contributed by atoms with Gasteiger partial charge in [-0.1, -0.05) is 0 Å². The second kappa shape index (κ2) is 5.88. The standard InChI is InChI=1S/C16H20N4O2/c1-10-14(11(2)20(3)19-10)15-13(6-8-22-15)16(21)18-12-5-4-7-17-9-12/h4-5,7,9,13,15H,6,8H2,1-3H3,(H,18,21)/t13-,15-/m0/s1. The second-order valence-electron chi connectivity index (χ2n) is 5.63. The topological polar surface area (TPSA) is 69.0 Å². The third-order valence-electron chi connectivity index (χ3n) is 4.21. The van der Waals surface area contributed by atoms with E-state index in [9.17, 15) is 4.79 Å². The summed E-state index contributed by atoms with van der Waals surface area (Å²) in [6.07, 6.45) is 3.80. The lowest BCUT2D eigenvalue weighted by Crippen LogP contribution is -2.26. The minimum atomic E-state index is -0.231. The van der Waals surface area contributed by atoms with Crippen LogP contribution < -0.4 is 5.32 Å². The van der Waals surface area contributed by atoms with E-state index in [-0.39, 0.29) is 17.9 Å². The zero-order chi connectivity index (χ0) is 15.7. The molecule has 6 nitrogen and oxygen atoms in total. The van der Waals surface area contributed by atoms with Crippen LogP contribution in [0.15, 0.2) is 24.5 Å². The molecular weight excluding hydrogens is 280 g/mol. The monoisotopic (exact) mass is 300 g/mol. The number of hydrogen-bond donors (Lipinski definition) is 1. The van der Waals surface area contributed by atoms with Gasteiger partial charge in [0.1, 0.15) is 0 Å². The van der Waals surface area contributed by atoms with E-state index < -0.39 is 0 Å². The van der Waals surface area contributed by atoms with E-state index in [1.165, 1.54) is 0 Å². The Balaban J connectivity index is 1.82. The third kappa shape index (κ3) is 2.62. The van der Waals surface area contributed by atoms with Crippen LogP contribution in [0.5, 0.6) is 0 Å². The van der Waals surface area contributed by atoms with Crippen LogP contribution in [0.4, 0.5) is 5.69 Å². The molecule has 1 fully saturated rings. The van der Waals surface area contributed by atoms with Crippen LogP contribution in [0.25, 0.3) is 0 Å². The molecule has 2 atom stereocenters. The fraction of sp³-hybridized carbons (Fsp3) is 0.438. The Hall–Kier alpha value is -2.21. The van der Waals surface area contributed by atoms with Gasteiger partial charge >= 0.3 is 0 Å². The average Bonchev–Trinajstić information content (AvgIpc) is 3.06. The number of nitrogens with zero attached hydrogens (tertiary/aromatic N) is 3. The molecule has 0 radical (unpaired) electrons. The molecule has 0 spiro atoms. The summed E-state index contributed by atoms with van der Waals surface area (Å²) in [6.45, 7) is 4.55. The lowest BCUT2D eigenvalue weighted by atomic mass is 9.93. The largest absolute Gasteiger partial charge is 0.373 e. The van der Waals surface area contributed by atoms with Crippen LogP contribution in [0, 0.1) is 19.8 Å². The number of aryl methyl sites for hydroxylation is 2. The van der Waals surface area contributed by atoms with Crippen molar-refractivity contribution in [3.8, 4) is 0 Å². The number of hydrogen-bond acceptors (Lipinski definition) is 4. The lowest BCUT2D eigenvalue weighted by Gasteiger charge is -2.19. The molecule has 116 valence electrons. The van der Waals surface area contributed by atoms with Gasteiger partial charge in [-0.05, 0) is 32.4 Å². The number of aromatic nitrogens is 3. The highest BCUT2D eigenvalue weighted by Gasteiger charge is 2.38. The summed E-state index contributed by atoms with van der Waals surface area (Å²) in [5.74, 6) is -0.236. The Kier molecular flexibility index (Phi) is 3.94. The first-order chi connectivity index (χ1) is 10.6. The van der Waals surface area contributed by atoms with E-state index in [4.69, 9.17) is 4.74 Å². The Bertz CT molecular complexity index is 681. The summed E-state index contributed by atoms with van der Waals surface area (Å²) in [6, 6.07) is 3.63. The number of carbonyl (C=O) groups is 1. The van der Waals surface area contributed by atoms with Gasteiger partial charge in [-0.3, -0.25) is 14.5 Å². The third-order valence-corrected chi connectivity index (χ3v) is 4.21. The van der Waals surface area contributed by atoms with E-state index in [0.29, 0.717) is 18.7 Å². The van der Waals surface area contributed by atoms with Gasteiger partial charge in [0.25, 0.3) is 0 Å². The van der Waals surface area contributed by atoms with Gasteiger partial charge in [-0.2, -0.15) is 5.10 Å². The molecule has 6 heteroatoms. The first-order valence-electron chi connectivity index (χ1n) is 7.40. The van der Waals surface area contributed by atoms with Crippen molar-refractivity contribution in [2.45, 2.75) is 26.4 Å². The van der Waals surface area contributed by atoms with Crippen LogP contribution in [0.3, 0.4) is 0 Å². The lowest BCUT2D eigenvalue weighted by molar-refractivity contribution is -0.121. The van der Waals surface area contributed by atoms with E-state index in [0.717, 1.165) is 17.0 Å². The minimum Gasteiger partial charge on any atom is -0.373 e. The van der Waals surface area contributed by atoms with Gasteiger partial charge in [0.05, 0.1) is 29.6 Å². The molecule has 3 rings (SSSR count). The van der Waals surface area contributed by atoms with Gasteiger partial charge in [-0.25, -0.2) is 0 Å². The van der Waals surface area contributed by atoms with E-state index in [2.05, 4.69) is 15.4 Å². The Morgan fingerprint density at radius 2 is 2.27 bits per heavy atom. The van der Waals surface area contributed by atoms with Crippen LogP contribution >= 0.6 is 0 Å². The summed E-state index contributed by atoms with van der Waals surface area (Å²) in [4.78, 5) is 16.6. The molecule has 1 N–H and O–H groups in total. The first-order valence-corrected chi connectivity index (χ1v) is 7.40. The molecule has 0 saturated carbocycles. The van der Waals surface area contributed by atoms with Gasteiger partial charge in [0, 0.05) is 31.1 Å². The zero-order valence-electron chi connectivity index (χ0n) is 13.0. The van der Waals surface area contributed by atoms with E-state index in [1.807, 2.05) is 31.6 Å². The molecule has 1 aliphatic heterocycles. The van der Waals surface area contributed by atoms with Gasteiger partial charge in [0.2, 0.25) is 5.91 Å². The van der Waals surface area contributed by atoms with Crippen LogP contribution in [-0.4, -0.2) is 27.3 Å². The molecule has 22 heavy (non-hydrogen) atoms. The van der Waals surface area contributed by atoms with Gasteiger partial charge in [0.15, 0.2) is 0 Å². The second-order valence-corrected chi connectivity index (χ2v) is 5.63. The fourth-order valence-electron chi connectivity index (χ4n) is 3.02. The minimum absolute atomic E-state index is 0.0295. The van der Waals surface area contributed by atoms with Crippen molar-refractivity contribution in [1.29, 1.82) is 0 Å². The highest BCUT2D eigenvalue weighted by Crippen LogP contribution is 2.38. The Morgan fingerprint density at radius 3 is 2.91 bits per heavy atom. The highest BCUT2D eigenvalue weighted by molar-refractivity contribution is 5.93. The van der Waals surface area contributed by atoms with Crippen molar-refractivity contribution < 1.29 is 9.53 Å². The SMILES string of the molecule is Cc1nn(C)c(C)c1[C@H]1OCC[C@@H]1C(=O)Nc1cccnc1. The first kappa shape index (κ1) is 14.7. The van der Waals surface area contributed by atoms with Gasteiger partial charge < -0.3 is 10.1 Å². The van der Waals surface area contributed by atoms with E-state index in [1.54, 1.807) is 18.5 Å². The molecule has 0 unspecified atom stereocenters. The number of carbonyl (C=O) groups excluding carboxylic acids is 1. The maximum atomic E-state index is 12.6. The predicted octanol–water partition coefficient (Wildman–Crippen LogP) is 2.15. The smallest absolute Gasteiger partial charge is 0.230 e. The number of pyridine rings is 1. The summed E-state index contributed by atoms with van der Waals surface area (Å²) in [5, 5.41) is 7.35. The average molecular weight is 300 g/mol. The van der Waals surface area contributed by atoms with Crippen molar-refractivity contribution in [3.05, 3.63) is 41.5 Å². The van der Waals surface area contributed by atoms with Crippen LogP contribution in [-0.2, 0) is 16.6 Å². The highest BCUT2D eigenvalue weighted by atomic mass is 16.5. The maximum Gasteiger partial charge on any atom is 0.230 e. The normalized spacial score (nSPS) is 21.0. The van der Waals surface area contributed by atoms with Gasteiger partial charge in [-0.15, -0.1) is 0 Å². The van der Waals surface area contributed by atoms with E-state index >= 15 is 0 Å². The molecule has 0 bridgehead atoms. The zero-order valence-corrected chi connectivity index (χ0v) is 13.0. The number of ether oxygens (including phenoxy) is 1. The van der Waals surface area contributed by atoms with Crippen LogP contribution in [0.1, 0.15) is 29.5 Å². The number of anilines is 1. The number of amides is 1. The predicted molar refractivity (Wildman–Crippen MR) is 82.3 cm³/mol. The van der Waals surface area contributed by atoms with Crippen molar-refractivity contribution in [2.75, 3.05) is 11.9 Å². The summed E-state index contributed by atoms with van der Waals surface area (Å²) < 4.78 is 7.69. The van der Waals surface area contributed by atoms with Crippen molar-refractivity contribution in [3.63, 3.8) is 0 Å². The van der Waals surface area contributed by atoms with Crippen molar-refractivity contribution >= 4 is 11.6 Å². The summed E-state index contributed by atoms with van der Waals surface area (Å²) in [7, 11) is 1.91. The number of nitrogens with one attached hydrogen (secondary N) is 1. The van der Waals surface area contributed by atoms with Crippen LogP contribution in [0.2, 0.25) is 0 Å². The molecule has 3 heterocycles. The molecule has 0 aromatic carbocycles. The Labute approximate surface area is 129 Å². The summed E-state index contributed by atoms with van der Waals surface area (Å²) in [5.41, 5.74) is 3.71. The molecular formula is C16H20N4O2. The van der Waals surface area contributed by atoms with Crippen molar-refractivity contribution in [1.82, 2.24) is 14.8 Å².